The topological polar surface area (TPSA) is 130 Å². The van der Waals surface area contributed by atoms with Crippen LogP contribution < -0.4 is 20.5 Å². The second-order valence-electron chi connectivity index (χ2n) is 8.98. The van der Waals surface area contributed by atoms with E-state index >= 15 is 0 Å². The van der Waals surface area contributed by atoms with Gasteiger partial charge in [-0.1, -0.05) is 32.5 Å². The molecule has 0 saturated heterocycles. The van der Waals surface area contributed by atoms with Crippen molar-refractivity contribution in [3.63, 3.8) is 0 Å². The highest BCUT2D eigenvalue weighted by atomic mass is 32.2. The minimum atomic E-state index is -0.435. The molecule has 0 spiro atoms. The van der Waals surface area contributed by atoms with Gasteiger partial charge >= 0.3 is 0 Å². The first kappa shape index (κ1) is 23.4. The van der Waals surface area contributed by atoms with Gasteiger partial charge in [-0.05, 0) is 18.6 Å². The number of fused-ring (bicyclic) bond motifs is 2. The standard InChI is InChI=1S/C23H25N7O3S2/c1-23(2,3)21(31)26-5-4-7-30-19-17(18(24)27-11-28-19)29-22(30)35-16-10-15-14(32-12-33-15)9-13(16)20-25-6-8-34-20/h6,8-11H,4-5,7,12H2,1-3H3,(H,26,31)(H2,24,27,28). The van der Waals surface area contributed by atoms with Gasteiger partial charge in [-0.2, -0.15) is 0 Å². The van der Waals surface area contributed by atoms with E-state index in [0.29, 0.717) is 53.1 Å². The van der Waals surface area contributed by atoms with Gasteiger partial charge in [0.25, 0.3) is 0 Å². The van der Waals surface area contributed by atoms with Crippen LogP contribution in [0.5, 0.6) is 11.5 Å². The number of thiazole rings is 1. The number of rotatable bonds is 7. The zero-order chi connectivity index (χ0) is 24.6. The Balaban J connectivity index is 1.47. The third-order valence-corrected chi connectivity index (χ3v) is 7.25. The quantitative estimate of drug-likeness (QED) is 0.354. The van der Waals surface area contributed by atoms with Crippen LogP contribution in [-0.4, -0.2) is 43.7 Å². The number of amides is 1. The van der Waals surface area contributed by atoms with Gasteiger partial charge in [0.2, 0.25) is 12.7 Å². The summed E-state index contributed by atoms with van der Waals surface area (Å²) in [5, 5.41) is 6.52. The Morgan fingerprint density at radius 2 is 2.03 bits per heavy atom. The zero-order valence-corrected chi connectivity index (χ0v) is 21.2. The first-order valence-electron chi connectivity index (χ1n) is 11.1. The van der Waals surface area contributed by atoms with Crippen molar-refractivity contribution in [1.29, 1.82) is 0 Å². The molecule has 35 heavy (non-hydrogen) atoms. The number of nitrogens with two attached hydrogens (primary N) is 1. The van der Waals surface area contributed by atoms with Crippen molar-refractivity contribution < 1.29 is 14.3 Å². The van der Waals surface area contributed by atoms with Gasteiger partial charge in [0, 0.05) is 40.5 Å². The number of benzene rings is 1. The molecule has 1 amide bonds. The number of anilines is 1. The molecule has 0 radical (unpaired) electrons. The lowest BCUT2D eigenvalue weighted by Gasteiger charge is -2.17. The third-order valence-electron chi connectivity index (χ3n) is 5.39. The minimum Gasteiger partial charge on any atom is -0.454 e. The number of ether oxygens (including phenoxy) is 2. The molecule has 0 saturated carbocycles. The highest BCUT2D eigenvalue weighted by Crippen LogP contribution is 2.45. The van der Waals surface area contributed by atoms with E-state index in [1.807, 2.05) is 42.9 Å². The number of nitrogens with one attached hydrogen (secondary N) is 1. The van der Waals surface area contributed by atoms with Crippen molar-refractivity contribution in [3.05, 3.63) is 30.0 Å². The van der Waals surface area contributed by atoms with E-state index in [9.17, 15) is 4.79 Å². The molecule has 0 aliphatic carbocycles. The van der Waals surface area contributed by atoms with Crippen LogP contribution in [0.25, 0.3) is 21.7 Å². The van der Waals surface area contributed by atoms with E-state index in [0.717, 1.165) is 15.5 Å². The predicted molar refractivity (Wildman–Crippen MR) is 135 cm³/mol. The van der Waals surface area contributed by atoms with E-state index in [1.54, 1.807) is 17.5 Å². The summed E-state index contributed by atoms with van der Waals surface area (Å²) in [5.74, 6) is 1.71. The zero-order valence-electron chi connectivity index (χ0n) is 19.6. The Labute approximate surface area is 210 Å². The van der Waals surface area contributed by atoms with Gasteiger partial charge in [0.1, 0.15) is 11.3 Å². The van der Waals surface area contributed by atoms with Crippen molar-refractivity contribution in [2.75, 3.05) is 19.1 Å². The van der Waals surface area contributed by atoms with Gasteiger partial charge < -0.3 is 25.1 Å². The Morgan fingerprint density at radius 3 is 2.77 bits per heavy atom. The molecule has 3 N–H and O–H groups in total. The molecule has 1 aliphatic heterocycles. The number of carbonyl (C=O) groups excluding carboxylic acids is 1. The number of nitrogens with zero attached hydrogens (tertiary/aromatic N) is 5. The van der Waals surface area contributed by atoms with Crippen molar-refractivity contribution in [3.8, 4) is 22.1 Å². The second kappa shape index (κ2) is 9.34. The minimum absolute atomic E-state index is 0.0163. The largest absolute Gasteiger partial charge is 0.454 e. The maximum atomic E-state index is 12.2. The fraction of sp³-hybridized carbons (Fsp3) is 0.348. The number of imidazole rings is 1. The van der Waals surface area contributed by atoms with Gasteiger partial charge in [0.15, 0.2) is 33.6 Å². The summed E-state index contributed by atoms with van der Waals surface area (Å²) in [5.41, 5.74) is 7.82. The van der Waals surface area contributed by atoms with Crippen molar-refractivity contribution in [1.82, 2.24) is 29.8 Å². The molecule has 12 heteroatoms. The average Bonchev–Trinajstić information content (AvgIpc) is 3.56. The Bertz CT molecular complexity index is 1380. The highest BCUT2D eigenvalue weighted by molar-refractivity contribution is 7.99. The molecule has 4 heterocycles. The first-order chi connectivity index (χ1) is 16.8. The van der Waals surface area contributed by atoms with Gasteiger partial charge in [-0.3, -0.25) is 4.79 Å². The molecule has 10 nitrogen and oxygen atoms in total. The fourth-order valence-electron chi connectivity index (χ4n) is 3.55. The molecule has 1 aromatic carbocycles. The molecule has 0 atom stereocenters. The van der Waals surface area contributed by atoms with Crippen LogP contribution in [0.15, 0.2) is 40.1 Å². The normalized spacial score (nSPS) is 12.9. The summed E-state index contributed by atoms with van der Waals surface area (Å²) < 4.78 is 13.2. The molecule has 4 aromatic rings. The molecule has 182 valence electrons. The number of nitrogen functional groups attached to an aromatic ring is 1. The van der Waals surface area contributed by atoms with Crippen LogP contribution in [0.3, 0.4) is 0 Å². The van der Waals surface area contributed by atoms with Crippen LogP contribution in [0.1, 0.15) is 27.2 Å². The SMILES string of the molecule is CC(C)(C)C(=O)NCCCn1c(Sc2cc3c(cc2-c2nccs2)OCO3)nc2c(N)ncnc21. The lowest BCUT2D eigenvalue weighted by Crippen LogP contribution is -2.35. The fourth-order valence-corrected chi connectivity index (χ4v) is 5.33. The van der Waals surface area contributed by atoms with Crippen LogP contribution in [-0.2, 0) is 11.3 Å². The third kappa shape index (κ3) is 4.76. The van der Waals surface area contributed by atoms with E-state index in [4.69, 9.17) is 20.2 Å². The molecule has 5 rings (SSSR count). The molecule has 1 aliphatic rings. The monoisotopic (exact) mass is 511 g/mol. The summed E-state index contributed by atoms with van der Waals surface area (Å²) in [6.45, 7) is 7.00. The Kier molecular flexibility index (Phi) is 6.24. The number of hydrogen-bond acceptors (Lipinski definition) is 10. The van der Waals surface area contributed by atoms with Crippen LogP contribution in [0.4, 0.5) is 5.82 Å². The molecular formula is C23H25N7O3S2. The van der Waals surface area contributed by atoms with Gasteiger partial charge in [0.05, 0.1) is 0 Å². The highest BCUT2D eigenvalue weighted by Gasteiger charge is 2.23. The smallest absolute Gasteiger partial charge is 0.231 e. The number of aryl methyl sites for hydroxylation is 1. The summed E-state index contributed by atoms with van der Waals surface area (Å²) in [6, 6.07) is 3.90. The van der Waals surface area contributed by atoms with Crippen LogP contribution >= 0.6 is 23.1 Å². The second-order valence-corrected chi connectivity index (χ2v) is 10.9. The maximum absolute atomic E-state index is 12.2. The summed E-state index contributed by atoms with van der Waals surface area (Å²) in [6.07, 6.45) is 3.91. The van der Waals surface area contributed by atoms with Crippen molar-refractivity contribution in [2.24, 2.45) is 5.41 Å². The summed E-state index contributed by atoms with van der Waals surface area (Å²) in [4.78, 5) is 31.0. The van der Waals surface area contributed by atoms with Crippen LogP contribution in [0.2, 0.25) is 0 Å². The lowest BCUT2D eigenvalue weighted by atomic mass is 9.96. The van der Waals surface area contributed by atoms with E-state index < -0.39 is 5.41 Å². The van der Waals surface area contributed by atoms with Crippen molar-refractivity contribution in [2.45, 2.75) is 43.8 Å². The molecule has 3 aromatic heterocycles. The molecular weight excluding hydrogens is 486 g/mol. The maximum Gasteiger partial charge on any atom is 0.231 e. The molecule has 0 fully saturated rings. The van der Waals surface area contributed by atoms with Gasteiger partial charge in [-0.25, -0.2) is 19.9 Å². The predicted octanol–water partition coefficient (Wildman–Crippen LogP) is 3.96. The Hall–Kier alpha value is -3.38. The van der Waals surface area contributed by atoms with E-state index in [2.05, 4.69) is 20.3 Å². The number of hydrogen-bond donors (Lipinski definition) is 2. The van der Waals surface area contributed by atoms with E-state index in [-0.39, 0.29) is 12.7 Å². The Morgan fingerprint density at radius 1 is 1.23 bits per heavy atom. The number of aromatic nitrogens is 5. The van der Waals surface area contributed by atoms with Crippen molar-refractivity contribution >= 4 is 46.0 Å². The first-order valence-corrected chi connectivity index (χ1v) is 12.8. The average molecular weight is 512 g/mol. The molecule has 0 unspecified atom stereocenters. The summed E-state index contributed by atoms with van der Waals surface area (Å²) >= 11 is 3.03. The summed E-state index contributed by atoms with van der Waals surface area (Å²) in [7, 11) is 0. The lowest BCUT2D eigenvalue weighted by molar-refractivity contribution is -0.128. The number of carbonyl (C=O) groups is 1. The van der Waals surface area contributed by atoms with Gasteiger partial charge in [-0.15, -0.1) is 11.3 Å². The van der Waals surface area contributed by atoms with Crippen LogP contribution in [0, 0.1) is 5.41 Å². The molecule has 0 bridgehead atoms. The van der Waals surface area contributed by atoms with E-state index in [1.165, 1.54) is 18.1 Å².